The molecule has 0 unspecified atom stereocenters. The zero-order chi connectivity index (χ0) is 9.42. The van der Waals surface area contributed by atoms with E-state index >= 15 is 0 Å². The third-order valence-corrected chi connectivity index (χ3v) is 2.52. The zero-order valence-electron chi connectivity index (χ0n) is 6.81. The number of thiazole rings is 1. The average molecular weight is 194 g/mol. The van der Waals surface area contributed by atoms with E-state index in [1.165, 1.54) is 17.4 Å². The minimum Gasteiger partial charge on any atom is -0.477 e. The zero-order valence-corrected chi connectivity index (χ0v) is 7.63. The van der Waals surface area contributed by atoms with Gasteiger partial charge in [0.2, 0.25) is 0 Å². The predicted octanol–water partition coefficient (Wildman–Crippen LogP) is 1.70. The lowest BCUT2D eigenvalue weighted by Gasteiger charge is -1.90. The lowest BCUT2D eigenvalue weighted by Crippen LogP contribution is -1.98. The molecule has 0 radical (unpaired) electrons. The molecule has 66 valence electrons. The smallest absolute Gasteiger partial charge is 0.354 e. The molecular weight excluding hydrogens is 188 g/mol. The van der Waals surface area contributed by atoms with Crippen molar-refractivity contribution in [3.8, 4) is 0 Å². The third kappa shape index (κ3) is 1.38. The lowest BCUT2D eigenvalue weighted by molar-refractivity contribution is 0.0690. The monoisotopic (exact) mass is 194 g/mol. The second-order valence-corrected chi connectivity index (χ2v) is 3.81. The Morgan fingerprint density at radius 1 is 1.62 bits per heavy atom. The summed E-state index contributed by atoms with van der Waals surface area (Å²) >= 11 is 1.51. The number of aromatic carboxylic acids is 1. The average Bonchev–Trinajstić information content (AvgIpc) is 2.42. The van der Waals surface area contributed by atoms with E-state index in [-0.39, 0.29) is 5.69 Å². The molecule has 5 heteroatoms. The Hall–Kier alpha value is -1.49. The molecule has 13 heavy (non-hydrogen) atoms. The summed E-state index contributed by atoms with van der Waals surface area (Å²) in [7, 11) is 0. The topological polar surface area (TPSA) is 63.1 Å². The van der Waals surface area contributed by atoms with Gasteiger partial charge in [0, 0.05) is 6.20 Å². The molecule has 0 aliphatic carbocycles. The van der Waals surface area contributed by atoms with Crippen LogP contribution < -0.4 is 0 Å². The summed E-state index contributed by atoms with van der Waals surface area (Å²) in [6.07, 6.45) is 1.55. The molecule has 0 saturated heterocycles. The van der Waals surface area contributed by atoms with Gasteiger partial charge in [-0.25, -0.2) is 14.8 Å². The highest BCUT2D eigenvalue weighted by Crippen LogP contribution is 2.20. The van der Waals surface area contributed by atoms with E-state index in [0.717, 1.165) is 9.71 Å². The first-order valence-electron chi connectivity index (χ1n) is 3.63. The molecular formula is C8H6N2O2S. The van der Waals surface area contributed by atoms with E-state index in [2.05, 4.69) is 9.97 Å². The lowest BCUT2D eigenvalue weighted by atomic mass is 10.3. The van der Waals surface area contributed by atoms with E-state index in [0.29, 0.717) is 5.52 Å². The summed E-state index contributed by atoms with van der Waals surface area (Å²) < 4.78 is 0.919. The molecule has 0 fully saturated rings. The summed E-state index contributed by atoms with van der Waals surface area (Å²) in [6.45, 7) is 1.88. The molecule has 2 aromatic rings. The molecule has 2 aromatic heterocycles. The number of carboxylic acid groups (broad SMARTS) is 1. The van der Waals surface area contributed by atoms with Crippen LogP contribution in [-0.2, 0) is 0 Å². The SMILES string of the molecule is Cc1nc2cc(C(=O)O)ncc2s1. The summed E-state index contributed by atoms with van der Waals surface area (Å²) in [6, 6.07) is 1.49. The van der Waals surface area contributed by atoms with Gasteiger partial charge in [-0.05, 0) is 13.0 Å². The molecule has 0 spiro atoms. The Morgan fingerprint density at radius 3 is 3.08 bits per heavy atom. The maximum Gasteiger partial charge on any atom is 0.354 e. The van der Waals surface area contributed by atoms with Crippen molar-refractivity contribution in [2.75, 3.05) is 0 Å². The molecule has 2 heterocycles. The van der Waals surface area contributed by atoms with Crippen LogP contribution in [0.25, 0.3) is 10.2 Å². The molecule has 0 aliphatic rings. The van der Waals surface area contributed by atoms with E-state index in [9.17, 15) is 4.79 Å². The number of hydrogen-bond acceptors (Lipinski definition) is 4. The molecule has 0 saturated carbocycles. The van der Waals surface area contributed by atoms with Crippen LogP contribution in [0.5, 0.6) is 0 Å². The van der Waals surface area contributed by atoms with Crippen LogP contribution in [-0.4, -0.2) is 21.0 Å². The van der Waals surface area contributed by atoms with Gasteiger partial charge in [-0.1, -0.05) is 0 Å². The van der Waals surface area contributed by atoms with Crippen molar-refractivity contribution in [2.45, 2.75) is 6.92 Å². The maximum atomic E-state index is 10.6. The minimum atomic E-state index is -1.02. The van der Waals surface area contributed by atoms with Gasteiger partial charge in [-0.15, -0.1) is 11.3 Å². The maximum absolute atomic E-state index is 10.6. The summed E-state index contributed by atoms with van der Waals surface area (Å²) in [5.41, 5.74) is 0.743. The fourth-order valence-corrected chi connectivity index (χ4v) is 1.84. The quantitative estimate of drug-likeness (QED) is 0.750. The van der Waals surface area contributed by atoms with Gasteiger partial charge < -0.3 is 5.11 Å². The van der Waals surface area contributed by atoms with Gasteiger partial charge in [-0.2, -0.15) is 0 Å². The number of aromatic nitrogens is 2. The molecule has 0 amide bonds. The van der Waals surface area contributed by atoms with Gasteiger partial charge in [0.05, 0.1) is 15.2 Å². The Balaban J connectivity index is 2.67. The number of pyridine rings is 1. The fraction of sp³-hybridized carbons (Fsp3) is 0.125. The second kappa shape index (κ2) is 2.77. The predicted molar refractivity (Wildman–Crippen MR) is 49.1 cm³/mol. The standard InChI is InChI=1S/C8H6N2O2S/c1-4-10-5-2-6(8(11)12)9-3-7(5)13-4/h2-3H,1H3,(H,11,12). The van der Waals surface area contributed by atoms with Gasteiger partial charge in [0.15, 0.2) is 0 Å². The van der Waals surface area contributed by atoms with Gasteiger partial charge in [0.1, 0.15) is 5.69 Å². The molecule has 0 atom stereocenters. The van der Waals surface area contributed by atoms with Crippen LogP contribution in [0.3, 0.4) is 0 Å². The van der Waals surface area contributed by atoms with Crippen molar-refractivity contribution >= 4 is 27.5 Å². The molecule has 0 aromatic carbocycles. The minimum absolute atomic E-state index is 0.0396. The fourth-order valence-electron chi connectivity index (χ4n) is 1.07. The number of carbonyl (C=O) groups is 1. The molecule has 1 N–H and O–H groups in total. The van der Waals surface area contributed by atoms with Crippen LogP contribution >= 0.6 is 11.3 Å². The van der Waals surface area contributed by atoms with Gasteiger partial charge >= 0.3 is 5.97 Å². The van der Waals surface area contributed by atoms with Crippen molar-refractivity contribution in [3.05, 3.63) is 23.0 Å². The third-order valence-electron chi connectivity index (χ3n) is 1.60. The Morgan fingerprint density at radius 2 is 2.38 bits per heavy atom. The number of rotatable bonds is 1. The summed E-state index contributed by atoms with van der Waals surface area (Å²) in [5, 5.41) is 9.58. The number of aryl methyl sites for hydroxylation is 1. The number of hydrogen-bond donors (Lipinski definition) is 1. The van der Waals surface area contributed by atoms with Gasteiger partial charge in [0.25, 0.3) is 0 Å². The van der Waals surface area contributed by atoms with Gasteiger partial charge in [-0.3, -0.25) is 0 Å². The van der Waals surface area contributed by atoms with Crippen LogP contribution in [0, 0.1) is 6.92 Å². The highest BCUT2D eigenvalue weighted by molar-refractivity contribution is 7.18. The normalized spacial score (nSPS) is 10.5. The highest BCUT2D eigenvalue weighted by Gasteiger charge is 2.07. The Labute approximate surface area is 77.9 Å². The summed E-state index contributed by atoms with van der Waals surface area (Å²) in [5.74, 6) is -1.02. The highest BCUT2D eigenvalue weighted by atomic mass is 32.1. The van der Waals surface area contributed by atoms with Crippen LogP contribution in [0.4, 0.5) is 0 Å². The van der Waals surface area contributed by atoms with Crippen LogP contribution in [0.1, 0.15) is 15.5 Å². The molecule has 2 rings (SSSR count). The summed E-state index contributed by atoms with van der Waals surface area (Å²) in [4.78, 5) is 18.5. The molecule has 4 nitrogen and oxygen atoms in total. The Kier molecular flexibility index (Phi) is 1.73. The second-order valence-electron chi connectivity index (χ2n) is 2.58. The molecule has 0 bridgehead atoms. The van der Waals surface area contributed by atoms with Crippen molar-refractivity contribution in [3.63, 3.8) is 0 Å². The van der Waals surface area contributed by atoms with Crippen LogP contribution in [0.15, 0.2) is 12.3 Å². The van der Waals surface area contributed by atoms with Crippen LogP contribution in [0.2, 0.25) is 0 Å². The first-order valence-corrected chi connectivity index (χ1v) is 4.45. The number of carboxylic acids is 1. The number of nitrogens with zero attached hydrogens (tertiary/aromatic N) is 2. The Bertz CT molecular complexity index is 478. The first-order chi connectivity index (χ1) is 6.16. The number of fused-ring (bicyclic) bond motifs is 1. The van der Waals surface area contributed by atoms with E-state index in [4.69, 9.17) is 5.11 Å². The van der Waals surface area contributed by atoms with Crippen molar-refractivity contribution < 1.29 is 9.90 Å². The van der Waals surface area contributed by atoms with Crippen molar-refractivity contribution in [1.29, 1.82) is 0 Å². The van der Waals surface area contributed by atoms with E-state index in [1.807, 2.05) is 6.92 Å². The van der Waals surface area contributed by atoms with E-state index < -0.39 is 5.97 Å². The van der Waals surface area contributed by atoms with Crippen molar-refractivity contribution in [1.82, 2.24) is 9.97 Å². The first kappa shape index (κ1) is 8.12. The molecule has 0 aliphatic heterocycles. The largest absolute Gasteiger partial charge is 0.477 e. The van der Waals surface area contributed by atoms with E-state index in [1.54, 1.807) is 6.20 Å². The van der Waals surface area contributed by atoms with Crippen molar-refractivity contribution in [2.24, 2.45) is 0 Å².